The summed E-state index contributed by atoms with van der Waals surface area (Å²) in [6.07, 6.45) is 0.657. The molecule has 0 aromatic heterocycles. The van der Waals surface area contributed by atoms with Crippen molar-refractivity contribution in [3.8, 4) is 17.2 Å². The molecule has 1 aliphatic heterocycles. The van der Waals surface area contributed by atoms with Crippen LogP contribution >= 0.6 is 0 Å². The quantitative estimate of drug-likeness (QED) is 0.833. The van der Waals surface area contributed by atoms with Gasteiger partial charge in [0.05, 0.1) is 0 Å². The fourth-order valence-electron chi connectivity index (χ4n) is 1.88. The van der Waals surface area contributed by atoms with Crippen LogP contribution in [0.5, 0.6) is 17.2 Å². The molecule has 6 nitrogen and oxygen atoms in total. The van der Waals surface area contributed by atoms with Crippen molar-refractivity contribution >= 4 is 5.91 Å². The van der Waals surface area contributed by atoms with Gasteiger partial charge in [0.1, 0.15) is 5.75 Å². The molecule has 0 bridgehead atoms. The van der Waals surface area contributed by atoms with Crippen LogP contribution in [0.4, 0.5) is 0 Å². The molecule has 110 valence electrons. The lowest BCUT2D eigenvalue weighted by molar-refractivity contribution is -0.131. The average molecular weight is 280 g/mol. The summed E-state index contributed by atoms with van der Waals surface area (Å²) in [4.78, 5) is 13.4. The average Bonchev–Trinajstić information content (AvgIpc) is 2.91. The van der Waals surface area contributed by atoms with Crippen molar-refractivity contribution in [2.75, 3.05) is 33.5 Å². The van der Waals surface area contributed by atoms with E-state index in [1.165, 1.54) is 0 Å². The summed E-state index contributed by atoms with van der Waals surface area (Å²) < 4.78 is 16.3. The monoisotopic (exact) mass is 280 g/mol. The highest BCUT2D eigenvalue weighted by molar-refractivity contribution is 5.77. The molecular weight excluding hydrogens is 260 g/mol. The van der Waals surface area contributed by atoms with Crippen LogP contribution in [0.2, 0.25) is 0 Å². The molecule has 0 aliphatic carbocycles. The minimum Gasteiger partial charge on any atom is -0.483 e. The molecule has 1 amide bonds. The first-order valence-electron chi connectivity index (χ1n) is 6.65. The van der Waals surface area contributed by atoms with E-state index in [2.05, 4.69) is 0 Å². The third-order valence-corrected chi connectivity index (χ3v) is 3.22. The van der Waals surface area contributed by atoms with E-state index in [-0.39, 0.29) is 19.3 Å². The van der Waals surface area contributed by atoms with Crippen LogP contribution in [0.1, 0.15) is 12.5 Å². The summed E-state index contributed by atoms with van der Waals surface area (Å²) >= 11 is 0. The number of likely N-dealkylation sites (N-methyl/N-ethyl adjacent to an activating group) is 1. The zero-order valence-corrected chi connectivity index (χ0v) is 11.8. The molecule has 2 rings (SSSR count). The van der Waals surface area contributed by atoms with E-state index in [0.717, 1.165) is 5.56 Å². The van der Waals surface area contributed by atoms with Crippen LogP contribution in [-0.2, 0) is 11.2 Å². The molecule has 0 radical (unpaired) electrons. The highest BCUT2D eigenvalue weighted by atomic mass is 16.7. The number of amides is 1. The fourth-order valence-corrected chi connectivity index (χ4v) is 1.88. The maximum Gasteiger partial charge on any atom is 0.260 e. The van der Waals surface area contributed by atoms with E-state index < -0.39 is 0 Å². The van der Waals surface area contributed by atoms with Crippen LogP contribution in [0.15, 0.2) is 12.1 Å². The summed E-state index contributed by atoms with van der Waals surface area (Å²) in [7, 11) is 1.74. The normalized spacial score (nSPS) is 12.3. The Balaban J connectivity index is 2.11. The second kappa shape index (κ2) is 6.47. The Bertz CT molecular complexity index is 490. The number of benzene rings is 1. The Morgan fingerprint density at radius 2 is 2.10 bits per heavy atom. The molecule has 0 saturated heterocycles. The van der Waals surface area contributed by atoms with Crippen molar-refractivity contribution in [2.45, 2.75) is 13.3 Å². The van der Waals surface area contributed by atoms with Gasteiger partial charge in [-0.3, -0.25) is 4.79 Å². The molecule has 1 aromatic rings. The Morgan fingerprint density at radius 1 is 1.40 bits per heavy atom. The van der Waals surface area contributed by atoms with E-state index >= 15 is 0 Å². The van der Waals surface area contributed by atoms with Gasteiger partial charge in [-0.15, -0.1) is 0 Å². The van der Waals surface area contributed by atoms with E-state index in [9.17, 15) is 4.79 Å². The van der Waals surface area contributed by atoms with Gasteiger partial charge in [-0.05, 0) is 31.5 Å². The van der Waals surface area contributed by atoms with Crippen molar-refractivity contribution in [3.63, 3.8) is 0 Å². The molecule has 1 heterocycles. The summed E-state index contributed by atoms with van der Waals surface area (Å²) in [6, 6.07) is 3.62. The number of fused-ring (bicyclic) bond motifs is 1. The van der Waals surface area contributed by atoms with E-state index in [4.69, 9.17) is 19.9 Å². The smallest absolute Gasteiger partial charge is 0.260 e. The van der Waals surface area contributed by atoms with Crippen molar-refractivity contribution in [1.29, 1.82) is 0 Å². The molecule has 0 saturated carbocycles. The summed E-state index contributed by atoms with van der Waals surface area (Å²) in [5.41, 5.74) is 6.52. The van der Waals surface area contributed by atoms with Crippen LogP contribution in [-0.4, -0.2) is 44.3 Å². The predicted octanol–water partition coefficient (Wildman–Crippen LogP) is 0.774. The zero-order chi connectivity index (χ0) is 14.5. The number of hydrogen-bond donors (Lipinski definition) is 1. The summed E-state index contributed by atoms with van der Waals surface area (Å²) in [5.74, 6) is 1.89. The van der Waals surface area contributed by atoms with Gasteiger partial charge < -0.3 is 24.8 Å². The topological polar surface area (TPSA) is 74.0 Å². The number of carbonyl (C=O) groups is 1. The Morgan fingerprint density at radius 3 is 2.75 bits per heavy atom. The second-order valence-electron chi connectivity index (χ2n) is 4.55. The molecule has 0 atom stereocenters. The number of nitrogens with zero attached hydrogens (tertiary/aromatic N) is 1. The van der Waals surface area contributed by atoms with Crippen molar-refractivity contribution < 1.29 is 19.0 Å². The zero-order valence-electron chi connectivity index (χ0n) is 11.8. The van der Waals surface area contributed by atoms with E-state index in [1.807, 2.05) is 13.0 Å². The lowest BCUT2D eigenvalue weighted by Crippen LogP contribution is -2.31. The lowest BCUT2D eigenvalue weighted by atomic mass is 10.1. The number of nitrogens with two attached hydrogens (primary N) is 1. The van der Waals surface area contributed by atoms with Gasteiger partial charge in [-0.25, -0.2) is 0 Å². The van der Waals surface area contributed by atoms with Crippen LogP contribution in [0.3, 0.4) is 0 Å². The van der Waals surface area contributed by atoms with Crippen LogP contribution in [0.25, 0.3) is 0 Å². The lowest BCUT2D eigenvalue weighted by Gasteiger charge is -2.16. The van der Waals surface area contributed by atoms with Gasteiger partial charge in [-0.2, -0.15) is 0 Å². The van der Waals surface area contributed by atoms with Crippen molar-refractivity contribution in [1.82, 2.24) is 4.90 Å². The largest absolute Gasteiger partial charge is 0.483 e. The van der Waals surface area contributed by atoms with Crippen LogP contribution in [0, 0.1) is 0 Å². The van der Waals surface area contributed by atoms with Gasteiger partial charge in [0, 0.05) is 19.7 Å². The first kappa shape index (κ1) is 14.5. The molecule has 0 spiro atoms. The van der Waals surface area contributed by atoms with Crippen LogP contribution < -0.4 is 19.9 Å². The third kappa shape index (κ3) is 3.14. The van der Waals surface area contributed by atoms with Gasteiger partial charge in [0.2, 0.25) is 6.79 Å². The molecule has 0 unspecified atom stereocenters. The molecular formula is C14H20N2O4. The number of rotatable bonds is 6. The standard InChI is InChI=1S/C14H20N2O4/c1-3-16(2)14(17)8-18-11-7-13-12(19-9-20-13)6-10(11)4-5-15/h6-7H,3-5,8-9,15H2,1-2H3. The summed E-state index contributed by atoms with van der Waals surface area (Å²) in [5, 5.41) is 0. The molecule has 1 aliphatic rings. The molecule has 2 N–H and O–H groups in total. The fraction of sp³-hybridized carbons (Fsp3) is 0.500. The molecule has 0 fully saturated rings. The highest BCUT2D eigenvalue weighted by Crippen LogP contribution is 2.38. The SMILES string of the molecule is CCN(C)C(=O)COc1cc2c(cc1CCN)OCO2. The van der Waals surface area contributed by atoms with E-state index in [0.29, 0.717) is 36.8 Å². The minimum atomic E-state index is -0.0659. The molecule has 20 heavy (non-hydrogen) atoms. The third-order valence-electron chi connectivity index (χ3n) is 3.22. The minimum absolute atomic E-state index is 0.00154. The van der Waals surface area contributed by atoms with E-state index in [1.54, 1.807) is 18.0 Å². The van der Waals surface area contributed by atoms with Gasteiger partial charge in [-0.1, -0.05) is 0 Å². The molecule has 6 heteroatoms. The summed E-state index contributed by atoms with van der Waals surface area (Å²) in [6.45, 7) is 3.27. The second-order valence-corrected chi connectivity index (χ2v) is 4.55. The first-order chi connectivity index (χ1) is 9.65. The van der Waals surface area contributed by atoms with Gasteiger partial charge in [0.15, 0.2) is 18.1 Å². The number of carbonyl (C=O) groups excluding carboxylic acids is 1. The maximum absolute atomic E-state index is 11.8. The Labute approximate surface area is 118 Å². The highest BCUT2D eigenvalue weighted by Gasteiger charge is 2.18. The maximum atomic E-state index is 11.8. The first-order valence-corrected chi connectivity index (χ1v) is 6.65. The Hall–Kier alpha value is -1.95. The Kier molecular flexibility index (Phi) is 4.68. The van der Waals surface area contributed by atoms with Gasteiger partial charge in [0.25, 0.3) is 5.91 Å². The van der Waals surface area contributed by atoms with Crippen molar-refractivity contribution in [3.05, 3.63) is 17.7 Å². The van der Waals surface area contributed by atoms with Crippen molar-refractivity contribution in [2.24, 2.45) is 5.73 Å². The predicted molar refractivity (Wildman–Crippen MR) is 74.1 cm³/mol. The number of hydrogen-bond acceptors (Lipinski definition) is 5. The molecule has 1 aromatic carbocycles. The van der Waals surface area contributed by atoms with Gasteiger partial charge >= 0.3 is 0 Å². The number of ether oxygens (including phenoxy) is 3.